The molecule has 1 aromatic rings. The number of hydrogen-bond donors (Lipinski definition) is 1. The van der Waals surface area contributed by atoms with Crippen LogP contribution in [0.2, 0.25) is 0 Å². The molecule has 0 aliphatic carbocycles. The Kier molecular flexibility index (Phi) is 3.68. The van der Waals surface area contributed by atoms with Gasteiger partial charge in [-0.25, -0.2) is 0 Å². The standard InChI is InChI=1S/C13H15NO2/c1-10-4-6-11(7-5-10)13(2,12(15)16)8-3-9-14/h4-7H,3,8H2,1-2H3,(H,15,16). The van der Waals surface area contributed by atoms with Gasteiger partial charge in [-0.05, 0) is 25.8 Å². The molecule has 3 heteroatoms. The van der Waals surface area contributed by atoms with Crippen molar-refractivity contribution in [3.8, 4) is 6.07 Å². The van der Waals surface area contributed by atoms with Crippen LogP contribution in [0.25, 0.3) is 0 Å². The van der Waals surface area contributed by atoms with E-state index in [1.807, 2.05) is 37.3 Å². The third-order valence-corrected chi connectivity index (χ3v) is 2.90. The second kappa shape index (κ2) is 4.80. The summed E-state index contributed by atoms with van der Waals surface area (Å²) in [7, 11) is 0. The second-order valence-electron chi connectivity index (χ2n) is 4.16. The van der Waals surface area contributed by atoms with Crippen molar-refractivity contribution < 1.29 is 9.90 Å². The van der Waals surface area contributed by atoms with Crippen LogP contribution in [0.5, 0.6) is 0 Å². The van der Waals surface area contributed by atoms with Crippen molar-refractivity contribution in [3.05, 3.63) is 35.4 Å². The van der Waals surface area contributed by atoms with Gasteiger partial charge >= 0.3 is 5.97 Å². The molecule has 1 atom stereocenters. The number of nitrogens with zero attached hydrogens (tertiary/aromatic N) is 1. The first kappa shape index (κ1) is 12.3. The van der Waals surface area contributed by atoms with Crippen molar-refractivity contribution in [1.82, 2.24) is 0 Å². The predicted molar refractivity (Wildman–Crippen MR) is 61.0 cm³/mol. The van der Waals surface area contributed by atoms with Crippen LogP contribution in [0.4, 0.5) is 0 Å². The Morgan fingerprint density at radius 2 is 2.00 bits per heavy atom. The molecule has 0 saturated heterocycles. The van der Waals surface area contributed by atoms with E-state index in [1.165, 1.54) is 0 Å². The Morgan fingerprint density at radius 1 is 1.44 bits per heavy atom. The second-order valence-corrected chi connectivity index (χ2v) is 4.16. The van der Waals surface area contributed by atoms with Crippen molar-refractivity contribution in [2.24, 2.45) is 0 Å². The van der Waals surface area contributed by atoms with E-state index in [1.54, 1.807) is 6.92 Å². The van der Waals surface area contributed by atoms with Crippen molar-refractivity contribution in [2.45, 2.75) is 32.1 Å². The van der Waals surface area contributed by atoms with Crippen LogP contribution in [0, 0.1) is 18.3 Å². The molecule has 0 bridgehead atoms. The highest BCUT2D eigenvalue weighted by Crippen LogP contribution is 2.29. The third kappa shape index (κ3) is 2.40. The number of carbonyl (C=O) groups is 1. The average Bonchev–Trinajstić information content (AvgIpc) is 2.26. The SMILES string of the molecule is Cc1ccc(C(C)(CCC#N)C(=O)O)cc1. The van der Waals surface area contributed by atoms with E-state index in [0.717, 1.165) is 11.1 Å². The van der Waals surface area contributed by atoms with E-state index in [4.69, 9.17) is 5.26 Å². The molecule has 0 saturated carbocycles. The minimum atomic E-state index is -0.969. The zero-order chi connectivity index (χ0) is 12.2. The molecule has 0 amide bonds. The summed E-state index contributed by atoms with van der Waals surface area (Å²) in [5.74, 6) is -0.883. The number of hydrogen-bond acceptors (Lipinski definition) is 2. The number of aliphatic carboxylic acids is 1. The summed E-state index contributed by atoms with van der Waals surface area (Å²) in [6, 6.07) is 9.42. The Labute approximate surface area is 95.3 Å². The van der Waals surface area contributed by atoms with Crippen molar-refractivity contribution >= 4 is 5.97 Å². The van der Waals surface area contributed by atoms with Crippen LogP contribution in [0.3, 0.4) is 0 Å². The van der Waals surface area contributed by atoms with Crippen LogP contribution < -0.4 is 0 Å². The van der Waals surface area contributed by atoms with Gasteiger partial charge in [-0.15, -0.1) is 0 Å². The molecule has 1 unspecified atom stereocenters. The Bertz CT molecular complexity index is 417. The monoisotopic (exact) mass is 217 g/mol. The number of carboxylic acids is 1. The van der Waals surface area contributed by atoms with E-state index < -0.39 is 11.4 Å². The number of nitriles is 1. The molecule has 84 valence electrons. The lowest BCUT2D eigenvalue weighted by atomic mass is 9.78. The molecule has 0 spiro atoms. The number of benzene rings is 1. The minimum Gasteiger partial charge on any atom is -0.481 e. The summed E-state index contributed by atoms with van der Waals surface area (Å²) in [5.41, 5.74) is 0.876. The maximum atomic E-state index is 11.3. The minimum absolute atomic E-state index is 0.247. The van der Waals surface area contributed by atoms with Crippen LogP contribution >= 0.6 is 0 Å². The molecule has 1 rings (SSSR count). The summed E-state index contributed by atoms with van der Waals surface area (Å²) in [6.07, 6.45) is 0.582. The summed E-state index contributed by atoms with van der Waals surface area (Å²) in [5, 5.41) is 17.8. The van der Waals surface area contributed by atoms with Gasteiger partial charge in [0.1, 0.15) is 0 Å². The van der Waals surface area contributed by atoms with E-state index in [2.05, 4.69) is 0 Å². The average molecular weight is 217 g/mol. The van der Waals surface area contributed by atoms with Gasteiger partial charge in [-0.3, -0.25) is 4.79 Å². The van der Waals surface area contributed by atoms with Gasteiger partial charge in [0.05, 0.1) is 11.5 Å². The van der Waals surface area contributed by atoms with Crippen molar-refractivity contribution in [3.63, 3.8) is 0 Å². The third-order valence-electron chi connectivity index (χ3n) is 2.90. The van der Waals surface area contributed by atoms with Crippen LogP contribution in [-0.4, -0.2) is 11.1 Å². The highest BCUT2D eigenvalue weighted by Gasteiger charge is 2.34. The fourth-order valence-electron chi connectivity index (χ4n) is 1.60. The van der Waals surface area contributed by atoms with Gasteiger partial charge in [-0.1, -0.05) is 29.8 Å². The van der Waals surface area contributed by atoms with Gasteiger partial charge in [0.2, 0.25) is 0 Å². The zero-order valence-corrected chi connectivity index (χ0v) is 9.53. The fraction of sp³-hybridized carbons (Fsp3) is 0.385. The predicted octanol–water partition coefficient (Wildman–Crippen LogP) is 2.64. The molecule has 0 fully saturated rings. The highest BCUT2D eigenvalue weighted by molar-refractivity contribution is 5.80. The van der Waals surface area contributed by atoms with Gasteiger partial charge in [0, 0.05) is 6.42 Å². The molecular formula is C13H15NO2. The zero-order valence-electron chi connectivity index (χ0n) is 9.53. The topological polar surface area (TPSA) is 61.1 Å². The Morgan fingerprint density at radius 3 is 2.44 bits per heavy atom. The van der Waals surface area contributed by atoms with Crippen molar-refractivity contribution in [2.75, 3.05) is 0 Å². The number of aryl methyl sites for hydroxylation is 1. The van der Waals surface area contributed by atoms with E-state index >= 15 is 0 Å². The first-order valence-corrected chi connectivity index (χ1v) is 5.18. The van der Waals surface area contributed by atoms with Crippen molar-refractivity contribution in [1.29, 1.82) is 5.26 Å². The number of rotatable bonds is 4. The van der Waals surface area contributed by atoms with Crippen LogP contribution in [0.15, 0.2) is 24.3 Å². The Hall–Kier alpha value is -1.82. The smallest absolute Gasteiger partial charge is 0.313 e. The molecule has 1 N–H and O–H groups in total. The Balaban J connectivity index is 3.07. The molecule has 0 aromatic heterocycles. The normalized spacial score (nSPS) is 13.8. The molecule has 3 nitrogen and oxygen atoms in total. The van der Waals surface area contributed by atoms with Crippen LogP contribution in [0.1, 0.15) is 30.9 Å². The maximum absolute atomic E-state index is 11.3. The van der Waals surface area contributed by atoms with Crippen LogP contribution in [-0.2, 0) is 10.2 Å². The first-order valence-electron chi connectivity index (χ1n) is 5.18. The van der Waals surface area contributed by atoms with E-state index in [-0.39, 0.29) is 6.42 Å². The van der Waals surface area contributed by atoms with Gasteiger partial charge in [0.15, 0.2) is 0 Å². The van der Waals surface area contributed by atoms with Gasteiger partial charge in [0.25, 0.3) is 0 Å². The first-order chi connectivity index (χ1) is 7.50. The number of carboxylic acid groups (broad SMARTS) is 1. The summed E-state index contributed by atoms with van der Waals surface area (Å²) >= 11 is 0. The lowest BCUT2D eigenvalue weighted by molar-refractivity contribution is -0.143. The molecule has 0 aliphatic rings. The quantitative estimate of drug-likeness (QED) is 0.843. The molecule has 0 radical (unpaired) electrons. The summed E-state index contributed by atoms with van der Waals surface area (Å²) in [4.78, 5) is 11.3. The largest absolute Gasteiger partial charge is 0.481 e. The van der Waals surface area contributed by atoms with Gasteiger partial charge < -0.3 is 5.11 Å². The molecular weight excluding hydrogens is 202 g/mol. The summed E-state index contributed by atoms with van der Waals surface area (Å²) in [6.45, 7) is 3.62. The fourth-order valence-corrected chi connectivity index (χ4v) is 1.60. The molecule has 0 aliphatic heterocycles. The van der Waals surface area contributed by atoms with Gasteiger partial charge in [-0.2, -0.15) is 5.26 Å². The lowest BCUT2D eigenvalue weighted by Crippen LogP contribution is -2.32. The molecule has 16 heavy (non-hydrogen) atoms. The molecule has 0 heterocycles. The molecule has 1 aromatic carbocycles. The van der Waals surface area contributed by atoms with E-state index in [9.17, 15) is 9.90 Å². The highest BCUT2D eigenvalue weighted by atomic mass is 16.4. The summed E-state index contributed by atoms with van der Waals surface area (Å²) < 4.78 is 0. The lowest BCUT2D eigenvalue weighted by Gasteiger charge is -2.24. The maximum Gasteiger partial charge on any atom is 0.313 e. The van der Waals surface area contributed by atoms with E-state index in [0.29, 0.717) is 6.42 Å².